The van der Waals surface area contributed by atoms with E-state index in [-0.39, 0.29) is 5.75 Å². The van der Waals surface area contributed by atoms with Crippen molar-refractivity contribution in [1.82, 2.24) is 9.78 Å². The Bertz CT molecular complexity index is 610. The topological polar surface area (TPSA) is 64.3 Å². The summed E-state index contributed by atoms with van der Waals surface area (Å²) in [7, 11) is 1.60. The van der Waals surface area contributed by atoms with Gasteiger partial charge in [-0.25, -0.2) is 4.68 Å². The van der Waals surface area contributed by atoms with Gasteiger partial charge in [-0.05, 0) is 24.6 Å². The number of aryl methyl sites for hydroxylation is 1. The molecule has 0 spiro atoms. The van der Waals surface area contributed by atoms with Crippen LogP contribution in [0.3, 0.4) is 0 Å². The summed E-state index contributed by atoms with van der Waals surface area (Å²) in [6.45, 7) is 2.01. The molecule has 106 valence electrons. The van der Waals surface area contributed by atoms with Gasteiger partial charge < -0.3 is 9.84 Å². The number of thioether (sulfide) groups is 1. The van der Waals surface area contributed by atoms with Crippen LogP contribution in [0.4, 0.5) is 0 Å². The van der Waals surface area contributed by atoms with Gasteiger partial charge in [0.25, 0.3) is 0 Å². The minimum Gasteiger partial charge on any atom is -0.494 e. The van der Waals surface area contributed by atoms with Crippen LogP contribution < -0.4 is 4.74 Å². The number of benzene rings is 1. The zero-order valence-electron chi connectivity index (χ0n) is 11.4. The fraction of sp³-hybridized carbons (Fsp3) is 0.286. The van der Waals surface area contributed by atoms with Gasteiger partial charge in [-0.2, -0.15) is 5.10 Å². The van der Waals surface area contributed by atoms with Crippen LogP contribution in [-0.4, -0.2) is 33.7 Å². The first-order valence-corrected chi connectivity index (χ1v) is 7.21. The highest BCUT2D eigenvalue weighted by Gasteiger charge is 2.14. The second kappa shape index (κ2) is 6.47. The van der Waals surface area contributed by atoms with Crippen molar-refractivity contribution in [3.8, 4) is 11.4 Å². The Morgan fingerprint density at radius 1 is 1.45 bits per heavy atom. The van der Waals surface area contributed by atoms with Crippen molar-refractivity contribution in [2.24, 2.45) is 0 Å². The Morgan fingerprint density at radius 3 is 2.85 bits per heavy atom. The molecule has 2 aromatic rings. The largest absolute Gasteiger partial charge is 0.494 e. The van der Waals surface area contributed by atoms with Crippen LogP contribution in [0.5, 0.6) is 5.75 Å². The van der Waals surface area contributed by atoms with Gasteiger partial charge >= 0.3 is 5.97 Å². The lowest BCUT2D eigenvalue weighted by Crippen LogP contribution is -2.04. The highest BCUT2D eigenvalue weighted by atomic mass is 32.2. The van der Waals surface area contributed by atoms with E-state index in [0.29, 0.717) is 5.75 Å². The Kier molecular flexibility index (Phi) is 4.68. The molecule has 0 unspecified atom stereocenters. The smallest absolute Gasteiger partial charge is 0.313 e. The van der Waals surface area contributed by atoms with Crippen LogP contribution in [-0.2, 0) is 11.2 Å². The predicted molar refractivity (Wildman–Crippen MR) is 77.9 cm³/mol. The third-order valence-corrected chi connectivity index (χ3v) is 3.72. The maximum atomic E-state index is 10.7. The molecule has 0 fully saturated rings. The first-order chi connectivity index (χ1) is 9.65. The summed E-state index contributed by atoms with van der Waals surface area (Å²) in [4.78, 5) is 10.7. The Labute approximate surface area is 121 Å². The molecule has 0 aliphatic heterocycles. The van der Waals surface area contributed by atoms with E-state index >= 15 is 0 Å². The fourth-order valence-corrected chi connectivity index (χ4v) is 2.55. The minimum atomic E-state index is -0.846. The zero-order valence-corrected chi connectivity index (χ0v) is 12.2. The average Bonchev–Trinajstić information content (AvgIpc) is 2.88. The number of para-hydroxylation sites is 2. The van der Waals surface area contributed by atoms with Crippen LogP contribution in [0.2, 0.25) is 0 Å². The summed E-state index contributed by atoms with van der Waals surface area (Å²) in [5.41, 5.74) is 1.73. The van der Waals surface area contributed by atoms with E-state index in [1.54, 1.807) is 11.8 Å². The molecule has 0 aliphatic carbocycles. The van der Waals surface area contributed by atoms with Crippen molar-refractivity contribution in [1.29, 1.82) is 0 Å². The lowest BCUT2D eigenvalue weighted by atomic mass is 10.3. The average molecular weight is 292 g/mol. The molecule has 0 radical (unpaired) electrons. The molecule has 0 saturated carbocycles. The van der Waals surface area contributed by atoms with Crippen molar-refractivity contribution in [3.05, 3.63) is 36.0 Å². The van der Waals surface area contributed by atoms with Crippen LogP contribution in [0.1, 0.15) is 12.6 Å². The standard InChI is InChI=1S/C14H16N2O3S/c1-3-10-8-13(20-9-14(17)18)16(15-10)11-6-4-5-7-12(11)19-2/h4-8H,3,9H2,1-2H3,(H,17,18). The second-order valence-corrected chi connectivity index (χ2v) is 5.09. The van der Waals surface area contributed by atoms with Crippen molar-refractivity contribution >= 4 is 17.7 Å². The van der Waals surface area contributed by atoms with Crippen molar-refractivity contribution < 1.29 is 14.6 Å². The summed E-state index contributed by atoms with van der Waals surface area (Å²) in [5, 5.41) is 14.1. The number of nitrogens with zero attached hydrogens (tertiary/aromatic N) is 2. The molecule has 1 N–H and O–H groups in total. The molecule has 0 saturated heterocycles. The fourth-order valence-electron chi connectivity index (χ4n) is 1.80. The van der Waals surface area contributed by atoms with Gasteiger partial charge in [0.15, 0.2) is 0 Å². The minimum absolute atomic E-state index is 0.00396. The monoisotopic (exact) mass is 292 g/mol. The summed E-state index contributed by atoms with van der Waals surface area (Å²) >= 11 is 1.25. The van der Waals surface area contributed by atoms with E-state index < -0.39 is 5.97 Å². The highest BCUT2D eigenvalue weighted by Crippen LogP contribution is 2.28. The molecular weight excluding hydrogens is 276 g/mol. The van der Waals surface area contributed by atoms with Gasteiger partial charge in [-0.3, -0.25) is 4.79 Å². The van der Waals surface area contributed by atoms with E-state index in [1.165, 1.54) is 11.8 Å². The molecule has 1 aromatic heterocycles. The van der Waals surface area contributed by atoms with Gasteiger partial charge in [-0.1, -0.05) is 30.8 Å². The van der Waals surface area contributed by atoms with E-state index in [1.807, 2.05) is 37.3 Å². The second-order valence-electron chi connectivity index (χ2n) is 4.09. The molecule has 1 aromatic carbocycles. The summed E-state index contributed by atoms with van der Waals surface area (Å²) in [6, 6.07) is 9.46. The van der Waals surface area contributed by atoms with Gasteiger partial charge in [-0.15, -0.1) is 0 Å². The number of carbonyl (C=O) groups is 1. The molecule has 0 atom stereocenters. The lowest BCUT2D eigenvalue weighted by Gasteiger charge is -2.10. The van der Waals surface area contributed by atoms with Crippen LogP contribution in [0, 0.1) is 0 Å². The Hall–Kier alpha value is -1.95. The zero-order chi connectivity index (χ0) is 14.5. The van der Waals surface area contributed by atoms with Crippen LogP contribution in [0.15, 0.2) is 35.4 Å². The summed E-state index contributed by atoms with van der Waals surface area (Å²) in [5.74, 6) is -0.138. The number of hydrogen-bond acceptors (Lipinski definition) is 4. The van der Waals surface area contributed by atoms with Gasteiger partial charge in [0.05, 0.1) is 18.6 Å². The first kappa shape index (κ1) is 14.5. The molecule has 0 aliphatic rings. The number of carboxylic acids is 1. The molecule has 6 heteroatoms. The first-order valence-electron chi connectivity index (χ1n) is 6.22. The molecule has 20 heavy (non-hydrogen) atoms. The SMILES string of the molecule is CCc1cc(SCC(=O)O)n(-c2ccccc2OC)n1. The number of carboxylic acid groups (broad SMARTS) is 1. The third kappa shape index (κ3) is 3.14. The van der Waals surface area contributed by atoms with Crippen molar-refractivity contribution in [3.63, 3.8) is 0 Å². The third-order valence-electron chi connectivity index (χ3n) is 2.75. The Balaban J connectivity index is 2.43. The highest BCUT2D eigenvalue weighted by molar-refractivity contribution is 7.99. The molecule has 2 rings (SSSR count). The van der Waals surface area contributed by atoms with E-state index in [4.69, 9.17) is 9.84 Å². The van der Waals surface area contributed by atoms with E-state index in [2.05, 4.69) is 5.10 Å². The molecule has 1 heterocycles. The summed E-state index contributed by atoms with van der Waals surface area (Å²) < 4.78 is 7.08. The summed E-state index contributed by atoms with van der Waals surface area (Å²) in [6.07, 6.45) is 0.794. The number of ether oxygens (including phenoxy) is 1. The van der Waals surface area contributed by atoms with Crippen molar-refractivity contribution in [2.75, 3.05) is 12.9 Å². The lowest BCUT2D eigenvalue weighted by molar-refractivity contribution is -0.133. The van der Waals surface area contributed by atoms with E-state index in [0.717, 1.165) is 22.8 Å². The maximum absolute atomic E-state index is 10.7. The molecule has 0 amide bonds. The predicted octanol–water partition coefficient (Wildman–Crippen LogP) is 2.62. The van der Waals surface area contributed by atoms with Gasteiger partial charge in [0.1, 0.15) is 16.5 Å². The van der Waals surface area contributed by atoms with Crippen LogP contribution >= 0.6 is 11.8 Å². The number of aliphatic carboxylic acids is 1. The number of rotatable bonds is 6. The van der Waals surface area contributed by atoms with E-state index in [9.17, 15) is 4.79 Å². The Morgan fingerprint density at radius 2 is 2.20 bits per heavy atom. The van der Waals surface area contributed by atoms with Gasteiger partial charge in [0.2, 0.25) is 0 Å². The number of methoxy groups -OCH3 is 1. The van der Waals surface area contributed by atoms with Crippen molar-refractivity contribution in [2.45, 2.75) is 18.4 Å². The number of aromatic nitrogens is 2. The maximum Gasteiger partial charge on any atom is 0.313 e. The van der Waals surface area contributed by atoms with Gasteiger partial charge in [0, 0.05) is 0 Å². The quantitative estimate of drug-likeness (QED) is 0.829. The molecule has 5 nitrogen and oxygen atoms in total. The normalized spacial score (nSPS) is 10.5. The molecule has 0 bridgehead atoms. The number of hydrogen-bond donors (Lipinski definition) is 1. The van der Waals surface area contributed by atoms with Crippen LogP contribution in [0.25, 0.3) is 5.69 Å². The molecular formula is C14H16N2O3S.